The number of alkyl halides is 1. The molecule has 0 aliphatic rings. The summed E-state index contributed by atoms with van der Waals surface area (Å²) in [6.07, 6.45) is 0.388. The summed E-state index contributed by atoms with van der Waals surface area (Å²) in [5.74, 6) is -0.00423. The number of carbonyl (C=O) groups is 1. The first kappa shape index (κ1) is 14.6. The van der Waals surface area contributed by atoms with Crippen molar-refractivity contribution in [3.63, 3.8) is 0 Å². The molecular formula is C17H18ClNO. The Balaban J connectivity index is 1.82. The summed E-state index contributed by atoms with van der Waals surface area (Å²) in [6, 6.07) is 17.7. The van der Waals surface area contributed by atoms with Gasteiger partial charge in [-0.2, -0.15) is 0 Å². The molecule has 0 saturated heterocycles. The lowest BCUT2D eigenvalue weighted by molar-refractivity contribution is -0.120. The Morgan fingerprint density at radius 1 is 1.10 bits per heavy atom. The van der Waals surface area contributed by atoms with Crippen molar-refractivity contribution in [1.82, 2.24) is 5.32 Å². The van der Waals surface area contributed by atoms with Crippen LogP contribution in [0.2, 0.25) is 0 Å². The van der Waals surface area contributed by atoms with Gasteiger partial charge in [0.15, 0.2) is 0 Å². The zero-order valence-electron chi connectivity index (χ0n) is 11.5. The first-order valence-electron chi connectivity index (χ1n) is 6.66. The minimum atomic E-state index is -0.196. The van der Waals surface area contributed by atoms with Crippen molar-refractivity contribution in [2.45, 2.75) is 18.7 Å². The molecule has 3 heteroatoms. The van der Waals surface area contributed by atoms with Crippen LogP contribution < -0.4 is 5.32 Å². The van der Waals surface area contributed by atoms with Gasteiger partial charge in [-0.25, -0.2) is 0 Å². The van der Waals surface area contributed by atoms with Crippen LogP contribution in [0.3, 0.4) is 0 Å². The van der Waals surface area contributed by atoms with Gasteiger partial charge in [0.1, 0.15) is 0 Å². The van der Waals surface area contributed by atoms with Crippen molar-refractivity contribution in [2.24, 2.45) is 0 Å². The van der Waals surface area contributed by atoms with Crippen LogP contribution in [-0.4, -0.2) is 12.5 Å². The lowest BCUT2D eigenvalue weighted by Crippen LogP contribution is -2.28. The minimum Gasteiger partial charge on any atom is -0.354 e. The Labute approximate surface area is 124 Å². The second-order valence-electron chi connectivity index (χ2n) is 4.84. The Hall–Kier alpha value is -1.80. The van der Waals surface area contributed by atoms with E-state index in [2.05, 4.69) is 5.32 Å². The summed E-state index contributed by atoms with van der Waals surface area (Å²) in [5, 5.41) is 2.68. The molecular weight excluding hydrogens is 270 g/mol. The van der Waals surface area contributed by atoms with Crippen LogP contribution in [0.4, 0.5) is 0 Å². The number of aryl methyl sites for hydroxylation is 1. The highest BCUT2D eigenvalue weighted by Crippen LogP contribution is 2.18. The fourth-order valence-corrected chi connectivity index (χ4v) is 2.16. The van der Waals surface area contributed by atoms with Crippen molar-refractivity contribution in [3.05, 3.63) is 71.3 Å². The van der Waals surface area contributed by atoms with E-state index in [0.29, 0.717) is 13.0 Å². The van der Waals surface area contributed by atoms with Gasteiger partial charge in [0.05, 0.1) is 11.8 Å². The number of nitrogens with one attached hydrogen (secondary N) is 1. The monoisotopic (exact) mass is 287 g/mol. The Bertz CT molecular complexity index is 551. The van der Waals surface area contributed by atoms with Crippen molar-refractivity contribution >= 4 is 17.5 Å². The number of benzene rings is 2. The Kier molecular flexibility index (Phi) is 5.19. The second kappa shape index (κ2) is 7.11. The standard InChI is InChI=1S/C17H18ClNO/c1-13-7-9-14(10-8-13)11-17(20)19-12-16(18)15-5-3-2-4-6-15/h2-10,16H,11-12H2,1H3,(H,19,20). The first-order chi connectivity index (χ1) is 9.65. The van der Waals surface area contributed by atoms with E-state index in [1.807, 2.05) is 61.5 Å². The molecule has 1 atom stereocenters. The SMILES string of the molecule is Cc1ccc(CC(=O)NCC(Cl)c2ccccc2)cc1. The molecule has 2 nitrogen and oxygen atoms in total. The van der Waals surface area contributed by atoms with E-state index in [1.54, 1.807) is 0 Å². The predicted molar refractivity (Wildman–Crippen MR) is 82.9 cm³/mol. The molecule has 0 aromatic heterocycles. The summed E-state index contributed by atoms with van der Waals surface area (Å²) >= 11 is 6.26. The van der Waals surface area contributed by atoms with Crippen molar-refractivity contribution in [3.8, 4) is 0 Å². The van der Waals surface area contributed by atoms with E-state index < -0.39 is 0 Å². The highest BCUT2D eigenvalue weighted by atomic mass is 35.5. The summed E-state index contributed by atoms with van der Waals surface area (Å²) in [6.45, 7) is 2.47. The van der Waals surface area contributed by atoms with Crippen molar-refractivity contribution in [1.29, 1.82) is 0 Å². The van der Waals surface area contributed by atoms with Crippen LogP contribution in [0.5, 0.6) is 0 Å². The zero-order chi connectivity index (χ0) is 14.4. The average Bonchev–Trinajstić information content (AvgIpc) is 2.48. The third kappa shape index (κ3) is 4.39. The number of halogens is 1. The van der Waals surface area contributed by atoms with Crippen molar-refractivity contribution in [2.75, 3.05) is 6.54 Å². The quantitative estimate of drug-likeness (QED) is 0.836. The van der Waals surface area contributed by atoms with E-state index in [4.69, 9.17) is 11.6 Å². The van der Waals surface area contributed by atoms with E-state index in [-0.39, 0.29) is 11.3 Å². The molecule has 0 heterocycles. The Morgan fingerprint density at radius 2 is 1.75 bits per heavy atom. The minimum absolute atomic E-state index is 0.00423. The number of amides is 1. The Morgan fingerprint density at radius 3 is 2.40 bits per heavy atom. The molecule has 0 aliphatic heterocycles. The molecule has 0 saturated carbocycles. The van der Waals surface area contributed by atoms with E-state index >= 15 is 0 Å². The number of hydrogen-bond donors (Lipinski definition) is 1. The third-order valence-corrected chi connectivity index (χ3v) is 3.53. The first-order valence-corrected chi connectivity index (χ1v) is 7.10. The summed E-state index contributed by atoms with van der Waals surface area (Å²) in [4.78, 5) is 11.9. The van der Waals surface area contributed by atoms with Crippen LogP contribution in [0.25, 0.3) is 0 Å². The van der Waals surface area contributed by atoms with Crippen LogP contribution in [0.15, 0.2) is 54.6 Å². The largest absolute Gasteiger partial charge is 0.354 e. The summed E-state index contributed by atoms with van der Waals surface area (Å²) in [7, 11) is 0. The molecule has 0 radical (unpaired) electrons. The molecule has 0 aliphatic carbocycles. The highest BCUT2D eigenvalue weighted by molar-refractivity contribution is 6.21. The lowest BCUT2D eigenvalue weighted by atomic mass is 10.1. The van der Waals surface area contributed by atoms with Gasteiger partial charge < -0.3 is 5.32 Å². The number of rotatable bonds is 5. The third-order valence-electron chi connectivity index (χ3n) is 3.12. The van der Waals surface area contributed by atoms with Crippen LogP contribution in [-0.2, 0) is 11.2 Å². The molecule has 2 aromatic rings. The summed E-state index contributed by atoms with van der Waals surface area (Å²) in [5.41, 5.74) is 3.22. The maximum Gasteiger partial charge on any atom is 0.224 e. The van der Waals surface area contributed by atoms with Gasteiger partial charge in [0.25, 0.3) is 0 Å². The number of hydrogen-bond acceptors (Lipinski definition) is 1. The lowest BCUT2D eigenvalue weighted by Gasteiger charge is -2.11. The van der Waals surface area contributed by atoms with Crippen LogP contribution in [0.1, 0.15) is 22.1 Å². The maximum atomic E-state index is 11.9. The van der Waals surface area contributed by atoms with E-state index in [0.717, 1.165) is 11.1 Å². The van der Waals surface area contributed by atoms with Gasteiger partial charge in [0, 0.05) is 6.54 Å². The number of carbonyl (C=O) groups excluding carboxylic acids is 1. The van der Waals surface area contributed by atoms with E-state index in [9.17, 15) is 4.79 Å². The van der Waals surface area contributed by atoms with Gasteiger partial charge in [-0.05, 0) is 18.1 Å². The fraction of sp³-hybridized carbons (Fsp3) is 0.235. The van der Waals surface area contributed by atoms with Crippen LogP contribution >= 0.6 is 11.6 Å². The molecule has 0 spiro atoms. The van der Waals surface area contributed by atoms with Gasteiger partial charge in [-0.1, -0.05) is 60.2 Å². The van der Waals surface area contributed by atoms with Crippen LogP contribution in [0, 0.1) is 6.92 Å². The molecule has 0 bridgehead atoms. The maximum absolute atomic E-state index is 11.9. The second-order valence-corrected chi connectivity index (χ2v) is 5.37. The van der Waals surface area contributed by atoms with Gasteiger partial charge >= 0.3 is 0 Å². The van der Waals surface area contributed by atoms with Gasteiger partial charge in [0.2, 0.25) is 5.91 Å². The predicted octanol–water partition coefficient (Wildman–Crippen LogP) is 3.63. The van der Waals surface area contributed by atoms with Gasteiger partial charge in [-0.3, -0.25) is 4.79 Å². The molecule has 1 N–H and O–H groups in total. The smallest absolute Gasteiger partial charge is 0.224 e. The molecule has 2 aromatic carbocycles. The molecule has 1 amide bonds. The molecule has 104 valence electrons. The van der Waals surface area contributed by atoms with Crippen molar-refractivity contribution < 1.29 is 4.79 Å². The van der Waals surface area contributed by atoms with E-state index in [1.165, 1.54) is 5.56 Å². The zero-order valence-corrected chi connectivity index (χ0v) is 12.2. The molecule has 20 heavy (non-hydrogen) atoms. The summed E-state index contributed by atoms with van der Waals surface area (Å²) < 4.78 is 0. The normalized spacial score (nSPS) is 11.9. The van der Waals surface area contributed by atoms with Gasteiger partial charge in [-0.15, -0.1) is 11.6 Å². The fourth-order valence-electron chi connectivity index (χ4n) is 1.94. The highest BCUT2D eigenvalue weighted by Gasteiger charge is 2.09. The molecule has 0 fully saturated rings. The average molecular weight is 288 g/mol. The molecule has 1 unspecified atom stereocenters. The topological polar surface area (TPSA) is 29.1 Å². The molecule has 2 rings (SSSR count).